The third-order valence-electron chi connectivity index (χ3n) is 2.68. The fourth-order valence-corrected chi connectivity index (χ4v) is 1.32. The van der Waals surface area contributed by atoms with Crippen molar-refractivity contribution in [2.45, 2.75) is 20.3 Å². The topological polar surface area (TPSA) is 55.1 Å². The first-order valence-electron chi connectivity index (χ1n) is 5.75. The number of nitrogens with one attached hydrogen (secondary N) is 1. The average molecular weight is 256 g/mol. The summed E-state index contributed by atoms with van der Waals surface area (Å²) in [7, 11) is 0. The number of amides is 1. The number of nitrogens with two attached hydrogens (primary N) is 1. The molecule has 5 heteroatoms. The Balaban J connectivity index is 2.57. The highest BCUT2D eigenvalue weighted by molar-refractivity contribution is 5.78. The van der Waals surface area contributed by atoms with Gasteiger partial charge in [-0.1, -0.05) is 13.8 Å². The first-order chi connectivity index (χ1) is 8.34. The fourth-order valence-electron chi connectivity index (χ4n) is 1.32. The molecule has 0 saturated heterocycles. The molecule has 0 unspecified atom stereocenters. The number of rotatable bonds is 5. The molecule has 1 amide bonds. The Morgan fingerprint density at radius 2 is 2.06 bits per heavy atom. The first-order valence-corrected chi connectivity index (χ1v) is 5.75. The maximum atomic E-state index is 13.3. The van der Waals surface area contributed by atoms with Crippen LogP contribution in [0.25, 0.3) is 0 Å². The van der Waals surface area contributed by atoms with Crippen LogP contribution in [-0.2, 0) is 11.2 Å². The Labute approximate surface area is 105 Å². The molecule has 1 aromatic rings. The van der Waals surface area contributed by atoms with E-state index in [0.29, 0.717) is 13.1 Å². The molecule has 1 aromatic carbocycles. The van der Waals surface area contributed by atoms with Gasteiger partial charge in [-0.05, 0) is 30.2 Å². The van der Waals surface area contributed by atoms with Crippen molar-refractivity contribution in [2.24, 2.45) is 11.1 Å². The smallest absolute Gasteiger partial charge is 0.224 e. The zero-order valence-corrected chi connectivity index (χ0v) is 10.6. The van der Waals surface area contributed by atoms with E-state index < -0.39 is 11.6 Å². The second-order valence-corrected chi connectivity index (χ2v) is 5.06. The molecule has 0 saturated carbocycles. The summed E-state index contributed by atoms with van der Waals surface area (Å²) in [6.45, 7) is 4.66. The summed E-state index contributed by atoms with van der Waals surface area (Å²) < 4.78 is 26.2. The van der Waals surface area contributed by atoms with Crippen molar-refractivity contribution in [3.63, 3.8) is 0 Å². The van der Waals surface area contributed by atoms with Gasteiger partial charge in [0.05, 0.1) is 6.42 Å². The lowest BCUT2D eigenvalue weighted by molar-refractivity contribution is -0.120. The van der Waals surface area contributed by atoms with Crippen molar-refractivity contribution < 1.29 is 13.6 Å². The molecule has 100 valence electrons. The average Bonchev–Trinajstić information content (AvgIpc) is 2.31. The van der Waals surface area contributed by atoms with Crippen molar-refractivity contribution in [2.75, 3.05) is 13.1 Å². The highest BCUT2D eigenvalue weighted by Gasteiger charge is 2.17. The number of hydrogen-bond acceptors (Lipinski definition) is 2. The predicted octanol–water partition coefficient (Wildman–Crippen LogP) is 1.61. The molecule has 3 nitrogen and oxygen atoms in total. The van der Waals surface area contributed by atoms with Crippen LogP contribution in [0.3, 0.4) is 0 Å². The van der Waals surface area contributed by atoms with E-state index >= 15 is 0 Å². The highest BCUT2D eigenvalue weighted by Crippen LogP contribution is 2.12. The number of hydrogen-bond donors (Lipinski definition) is 2. The van der Waals surface area contributed by atoms with Gasteiger partial charge in [-0.2, -0.15) is 0 Å². The molecular formula is C13H18F2N2O. The van der Waals surface area contributed by atoms with E-state index in [9.17, 15) is 13.6 Å². The van der Waals surface area contributed by atoms with Crippen LogP contribution in [0.1, 0.15) is 19.4 Å². The third kappa shape index (κ3) is 4.41. The molecule has 1 rings (SSSR count). The zero-order chi connectivity index (χ0) is 13.8. The Morgan fingerprint density at radius 3 is 2.67 bits per heavy atom. The molecule has 0 fully saturated rings. The number of carbonyl (C=O) groups excluding carboxylic acids is 1. The Morgan fingerprint density at radius 1 is 1.39 bits per heavy atom. The zero-order valence-electron chi connectivity index (χ0n) is 10.6. The Kier molecular flexibility index (Phi) is 4.78. The molecule has 0 spiro atoms. The van der Waals surface area contributed by atoms with Crippen LogP contribution in [0.15, 0.2) is 18.2 Å². The van der Waals surface area contributed by atoms with Crippen LogP contribution in [0.2, 0.25) is 0 Å². The van der Waals surface area contributed by atoms with E-state index in [4.69, 9.17) is 5.73 Å². The molecule has 3 N–H and O–H groups in total. The SMILES string of the molecule is CC(C)(CN)CNC(=O)Cc1cc(F)ccc1F. The van der Waals surface area contributed by atoms with Crippen molar-refractivity contribution >= 4 is 5.91 Å². The summed E-state index contributed by atoms with van der Waals surface area (Å²) in [5.41, 5.74) is 5.37. The second-order valence-electron chi connectivity index (χ2n) is 5.06. The van der Waals surface area contributed by atoms with Gasteiger partial charge in [-0.3, -0.25) is 4.79 Å². The lowest BCUT2D eigenvalue weighted by Gasteiger charge is -2.22. The molecule has 18 heavy (non-hydrogen) atoms. The van der Waals surface area contributed by atoms with Gasteiger partial charge >= 0.3 is 0 Å². The van der Waals surface area contributed by atoms with Gasteiger partial charge in [0.25, 0.3) is 0 Å². The summed E-state index contributed by atoms with van der Waals surface area (Å²) in [4.78, 5) is 11.6. The molecule has 0 radical (unpaired) electrons. The molecular weight excluding hydrogens is 238 g/mol. The van der Waals surface area contributed by atoms with Gasteiger partial charge in [0.15, 0.2) is 0 Å². The normalized spacial score (nSPS) is 11.4. The van der Waals surface area contributed by atoms with E-state index in [2.05, 4.69) is 5.32 Å². The minimum absolute atomic E-state index is 0.0538. The molecule has 0 aromatic heterocycles. The van der Waals surface area contributed by atoms with Crippen LogP contribution >= 0.6 is 0 Å². The molecule has 0 bridgehead atoms. The van der Waals surface area contributed by atoms with Crippen molar-refractivity contribution in [1.29, 1.82) is 0 Å². The highest BCUT2D eigenvalue weighted by atomic mass is 19.1. The molecule has 0 heterocycles. The Hall–Kier alpha value is -1.49. The lowest BCUT2D eigenvalue weighted by atomic mass is 9.94. The maximum Gasteiger partial charge on any atom is 0.224 e. The van der Waals surface area contributed by atoms with E-state index in [1.165, 1.54) is 0 Å². The van der Waals surface area contributed by atoms with Crippen LogP contribution < -0.4 is 11.1 Å². The first kappa shape index (κ1) is 14.6. The quantitative estimate of drug-likeness (QED) is 0.841. The number of benzene rings is 1. The van der Waals surface area contributed by atoms with Gasteiger partial charge in [-0.15, -0.1) is 0 Å². The van der Waals surface area contributed by atoms with Gasteiger partial charge in [0, 0.05) is 12.1 Å². The third-order valence-corrected chi connectivity index (χ3v) is 2.68. The number of carbonyl (C=O) groups is 1. The van der Waals surface area contributed by atoms with Crippen LogP contribution in [0.5, 0.6) is 0 Å². The molecule has 0 aliphatic carbocycles. The second kappa shape index (κ2) is 5.91. The summed E-state index contributed by atoms with van der Waals surface area (Å²) in [5.74, 6) is -1.48. The van der Waals surface area contributed by atoms with E-state index in [1.54, 1.807) is 0 Å². The van der Waals surface area contributed by atoms with Crippen LogP contribution in [0.4, 0.5) is 8.78 Å². The van der Waals surface area contributed by atoms with Gasteiger partial charge < -0.3 is 11.1 Å². The standard InChI is InChI=1S/C13H18F2N2O/c1-13(2,7-16)8-17-12(18)6-9-5-10(14)3-4-11(9)15/h3-5H,6-8,16H2,1-2H3,(H,17,18). The van der Waals surface area contributed by atoms with E-state index in [0.717, 1.165) is 18.2 Å². The van der Waals surface area contributed by atoms with E-state index in [-0.39, 0.29) is 23.3 Å². The number of halogens is 2. The maximum absolute atomic E-state index is 13.3. The molecule has 0 aliphatic heterocycles. The van der Waals surface area contributed by atoms with Gasteiger partial charge in [0.1, 0.15) is 11.6 Å². The minimum atomic E-state index is -0.579. The summed E-state index contributed by atoms with van der Waals surface area (Å²) in [6.07, 6.45) is -0.176. The Bertz CT molecular complexity index is 433. The lowest BCUT2D eigenvalue weighted by Crippen LogP contribution is -2.39. The van der Waals surface area contributed by atoms with Crippen LogP contribution in [0, 0.1) is 17.0 Å². The van der Waals surface area contributed by atoms with Crippen LogP contribution in [-0.4, -0.2) is 19.0 Å². The molecule has 0 aliphatic rings. The van der Waals surface area contributed by atoms with Gasteiger partial charge in [-0.25, -0.2) is 8.78 Å². The molecule has 0 atom stereocenters. The summed E-state index contributed by atoms with van der Waals surface area (Å²) in [5, 5.41) is 2.66. The van der Waals surface area contributed by atoms with Gasteiger partial charge in [0.2, 0.25) is 5.91 Å². The largest absolute Gasteiger partial charge is 0.355 e. The summed E-state index contributed by atoms with van der Waals surface area (Å²) in [6, 6.07) is 3.07. The summed E-state index contributed by atoms with van der Waals surface area (Å²) >= 11 is 0. The van der Waals surface area contributed by atoms with E-state index in [1.807, 2.05) is 13.8 Å². The van der Waals surface area contributed by atoms with Crippen molar-refractivity contribution in [3.05, 3.63) is 35.4 Å². The predicted molar refractivity (Wildman–Crippen MR) is 65.9 cm³/mol. The minimum Gasteiger partial charge on any atom is -0.355 e. The van der Waals surface area contributed by atoms with Crippen molar-refractivity contribution in [1.82, 2.24) is 5.32 Å². The monoisotopic (exact) mass is 256 g/mol. The fraction of sp³-hybridized carbons (Fsp3) is 0.462. The van der Waals surface area contributed by atoms with Crippen molar-refractivity contribution in [3.8, 4) is 0 Å².